The third kappa shape index (κ3) is 382. The topological polar surface area (TPSA) is 167 Å². The van der Waals surface area contributed by atoms with Crippen molar-refractivity contribution in [3.8, 4) is 0 Å². The van der Waals surface area contributed by atoms with Crippen LogP contribution in [-0.2, 0) is 4.57 Å². The summed E-state index contributed by atoms with van der Waals surface area (Å²) in [6, 6.07) is 0. The molecule has 0 aromatic rings. The Bertz CT molecular complexity index is 111. The summed E-state index contributed by atoms with van der Waals surface area (Å²) in [7, 11) is -10.0. The molecular formula is H4MgNaO8PSi. The van der Waals surface area contributed by atoms with Gasteiger partial charge in [-0.1, -0.05) is 0 Å². The number of rotatable bonds is 0. The van der Waals surface area contributed by atoms with Gasteiger partial charge in [-0.25, -0.2) is 0 Å². The summed E-state index contributed by atoms with van der Waals surface area (Å²) in [5.74, 6) is 0. The van der Waals surface area contributed by atoms with Gasteiger partial charge in [-0.15, -0.1) is 0 Å². The zero-order valence-corrected chi connectivity index (χ0v) is 11.4. The minimum absolute atomic E-state index is 0. The summed E-state index contributed by atoms with van der Waals surface area (Å²) in [5.41, 5.74) is 0. The molecule has 0 heterocycles. The predicted octanol–water partition coefficient (Wildman–Crippen LogP) is -8.81. The molecule has 0 unspecified atom stereocenters. The maximum absolute atomic E-state index is 8.55. The summed E-state index contributed by atoms with van der Waals surface area (Å²) < 4.78 is 8.55. The fourth-order valence-electron chi connectivity index (χ4n) is 0. The van der Waals surface area contributed by atoms with Gasteiger partial charge in [0.05, 0.1) is 0 Å². The Kier molecular flexibility index (Phi) is 18.7. The molecule has 12 heteroatoms. The van der Waals surface area contributed by atoms with E-state index < -0.39 is 16.9 Å². The fraction of sp³-hybridized carbons (Fsp3) is 0. The Morgan fingerprint density at radius 3 is 1.00 bits per heavy atom. The van der Waals surface area contributed by atoms with Gasteiger partial charge in [0.1, 0.15) is 0 Å². The maximum Gasteiger partial charge on any atom is 2.00 e. The monoisotopic (exact) mass is 238 g/mol. The van der Waals surface area contributed by atoms with Crippen molar-refractivity contribution in [1.82, 2.24) is 0 Å². The van der Waals surface area contributed by atoms with Crippen molar-refractivity contribution in [2.24, 2.45) is 0 Å². The van der Waals surface area contributed by atoms with Crippen LogP contribution in [-0.4, -0.2) is 51.3 Å². The van der Waals surface area contributed by atoms with E-state index in [1.165, 1.54) is 0 Å². The predicted molar refractivity (Wildman–Crippen MR) is 28.0 cm³/mol. The molecule has 0 saturated carbocycles. The SMILES string of the molecule is O=P([O-])([O-])[O-].O[Si](O)(O)O.[Mg+2].[Na+]. The molecule has 0 amide bonds. The van der Waals surface area contributed by atoms with Crippen LogP contribution in [0.2, 0.25) is 0 Å². The molecule has 0 radical (unpaired) electrons. The Hall–Kier alpha value is 1.93. The standard InChI is InChI=1S/Mg.Na.H3O4P.H4O4Si/c;;2*1-5(2,3)4/h;;(H3,1,2,3,4);1-4H/q+2;+1;;/p-3. The van der Waals surface area contributed by atoms with Crippen molar-refractivity contribution in [2.75, 3.05) is 0 Å². The maximum atomic E-state index is 8.55. The van der Waals surface area contributed by atoms with Crippen LogP contribution in [0.4, 0.5) is 0 Å². The summed E-state index contributed by atoms with van der Waals surface area (Å²) in [5, 5.41) is 0. The first-order valence-corrected chi connectivity index (χ1v) is 4.87. The van der Waals surface area contributed by atoms with Gasteiger partial charge in [0.25, 0.3) is 0 Å². The van der Waals surface area contributed by atoms with Gasteiger partial charge in [0, 0.05) is 0 Å². The van der Waals surface area contributed by atoms with Crippen molar-refractivity contribution in [3.05, 3.63) is 0 Å². The van der Waals surface area contributed by atoms with Gasteiger partial charge in [0.15, 0.2) is 0 Å². The van der Waals surface area contributed by atoms with Crippen LogP contribution in [0.25, 0.3) is 0 Å². The first kappa shape index (κ1) is 23.6. The molecule has 0 atom stereocenters. The van der Waals surface area contributed by atoms with E-state index in [4.69, 9.17) is 38.4 Å². The second-order valence-electron chi connectivity index (χ2n) is 1.05. The third-order valence-corrected chi connectivity index (χ3v) is 0. The molecule has 0 aliphatic heterocycles. The van der Waals surface area contributed by atoms with Crippen molar-refractivity contribution in [2.45, 2.75) is 0 Å². The van der Waals surface area contributed by atoms with Crippen LogP contribution in [0.15, 0.2) is 0 Å². The van der Waals surface area contributed by atoms with Crippen LogP contribution in [0.1, 0.15) is 0 Å². The minimum atomic E-state index is -5.39. The zero-order valence-electron chi connectivity index (χ0n) is 6.08. The smallest absolute Gasteiger partial charge is 0.822 e. The number of hydrogen-bond acceptors (Lipinski definition) is 8. The Morgan fingerprint density at radius 1 is 1.00 bits per heavy atom. The summed E-state index contributed by atoms with van der Waals surface area (Å²) in [6.07, 6.45) is 0. The molecule has 0 spiro atoms. The summed E-state index contributed by atoms with van der Waals surface area (Å²) >= 11 is 0. The molecule has 0 aromatic heterocycles. The average Bonchev–Trinajstić information content (AvgIpc) is 1.12. The van der Waals surface area contributed by atoms with E-state index in [-0.39, 0.29) is 52.6 Å². The van der Waals surface area contributed by atoms with E-state index >= 15 is 0 Å². The molecular weight excluding hydrogens is 234 g/mol. The molecule has 8 nitrogen and oxygen atoms in total. The summed E-state index contributed by atoms with van der Waals surface area (Å²) in [4.78, 5) is 55.0. The molecule has 0 fully saturated rings. The quantitative estimate of drug-likeness (QED) is 0.238. The van der Waals surface area contributed by atoms with Crippen LogP contribution in [0.5, 0.6) is 0 Å². The average molecular weight is 238 g/mol. The Morgan fingerprint density at radius 2 is 1.00 bits per heavy atom. The normalized spacial score (nSPS) is 9.92. The van der Waals surface area contributed by atoms with Gasteiger partial charge >= 0.3 is 61.7 Å². The van der Waals surface area contributed by atoms with Crippen LogP contribution in [0.3, 0.4) is 0 Å². The van der Waals surface area contributed by atoms with Gasteiger partial charge in [-0.2, -0.15) is 7.82 Å². The second kappa shape index (κ2) is 9.49. The van der Waals surface area contributed by atoms with Gasteiger partial charge in [-0.05, 0) is 0 Å². The number of phosphoric acid groups is 1. The van der Waals surface area contributed by atoms with Crippen LogP contribution < -0.4 is 44.2 Å². The molecule has 0 aliphatic rings. The molecule has 0 bridgehead atoms. The first-order chi connectivity index (χ1) is 4.00. The third-order valence-electron chi connectivity index (χ3n) is 0. The van der Waals surface area contributed by atoms with Gasteiger partial charge < -0.3 is 38.4 Å². The first-order valence-electron chi connectivity index (χ1n) is 1.62. The zero-order chi connectivity index (χ0) is 9.00. The molecule has 0 rings (SSSR count). The van der Waals surface area contributed by atoms with Crippen molar-refractivity contribution >= 4 is 39.9 Å². The second-order valence-corrected chi connectivity index (χ2v) is 3.14. The van der Waals surface area contributed by atoms with Crippen LogP contribution >= 0.6 is 7.82 Å². The fourth-order valence-corrected chi connectivity index (χ4v) is 0. The molecule has 4 N–H and O–H groups in total. The van der Waals surface area contributed by atoms with Crippen molar-refractivity contribution in [1.29, 1.82) is 0 Å². The molecule has 0 aromatic carbocycles. The van der Waals surface area contributed by atoms with Crippen molar-refractivity contribution < 1.29 is 68.0 Å². The molecule has 0 aliphatic carbocycles. The van der Waals surface area contributed by atoms with Gasteiger partial charge in [-0.3, -0.25) is 0 Å². The molecule has 12 heavy (non-hydrogen) atoms. The van der Waals surface area contributed by atoms with E-state index in [1.54, 1.807) is 0 Å². The van der Waals surface area contributed by atoms with E-state index in [0.717, 1.165) is 0 Å². The molecule has 64 valence electrons. The van der Waals surface area contributed by atoms with E-state index in [0.29, 0.717) is 0 Å². The Labute approximate surface area is 107 Å². The Balaban J connectivity index is -0.0000000457. The van der Waals surface area contributed by atoms with Crippen LogP contribution in [0, 0.1) is 0 Å². The minimum Gasteiger partial charge on any atom is -0.822 e. The van der Waals surface area contributed by atoms with E-state index in [2.05, 4.69) is 0 Å². The summed E-state index contributed by atoms with van der Waals surface area (Å²) in [6.45, 7) is 0. The van der Waals surface area contributed by atoms with Gasteiger partial charge in [0.2, 0.25) is 0 Å². The van der Waals surface area contributed by atoms with E-state index in [9.17, 15) is 0 Å². The van der Waals surface area contributed by atoms with Crippen molar-refractivity contribution in [3.63, 3.8) is 0 Å². The number of hydrogen-bond donors (Lipinski definition) is 4. The molecule has 0 saturated heterocycles. The largest absolute Gasteiger partial charge is 2.00 e. The van der Waals surface area contributed by atoms with E-state index in [1.807, 2.05) is 0 Å².